The molecule has 0 radical (unpaired) electrons. The maximum atomic E-state index is 13.8. The summed E-state index contributed by atoms with van der Waals surface area (Å²) in [5, 5.41) is 0. The van der Waals surface area contributed by atoms with E-state index < -0.39 is 17.6 Å². The predicted octanol–water partition coefficient (Wildman–Crippen LogP) is 4.52. The van der Waals surface area contributed by atoms with E-state index in [0.29, 0.717) is 39.0 Å². The molecule has 1 amide bonds. The maximum Gasteiger partial charge on any atom is 0.416 e. The van der Waals surface area contributed by atoms with Gasteiger partial charge in [0.2, 0.25) is 5.91 Å². The van der Waals surface area contributed by atoms with Crippen LogP contribution in [0.2, 0.25) is 0 Å². The Morgan fingerprint density at radius 2 is 1.71 bits per heavy atom. The van der Waals surface area contributed by atoms with Gasteiger partial charge >= 0.3 is 6.18 Å². The Morgan fingerprint density at radius 3 is 2.35 bits per heavy atom. The second-order valence-corrected chi connectivity index (χ2v) is 7.67. The lowest BCUT2D eigenvalue weighted by atomic mass is 10.1. The molecular weight excluding hydrogens is 412 g/mol. The van der Waals surface area contributed by atoms with Crippen molar-refractivity contribution in [1.29, 1.82) is 0 Å². The van der Waals surface area contributed by atoms with Gasteiger partial charge in [-0.1, -0.05) is 18.2 Å². The van der Waals surface area contributed by atoms with Gasteiger partial charge in [-0.25, -0.2) is 4.39 Å². The molecule has 0 atom stereocenters. The van der Waals surface area contributed by atoms with Crippen molar-refractivity contribution in [3.63, 3.8) is 0 Å². The van der Waals surface area contributed by atoms with Gasteiger partial charge in [0.05, 0.1) is 12.7 Å². The standard InChI is InChI=1S/C23H26F4N2O2/c1-31-21-9-5-17(15-20(21)24)6-10-22(30)29-12-2-11-28(13-14-29)16-18-3-7-19(8-4-18)23(25,26)27/h3-5,7-9,15H,2,6,10-14,16H2,1H3. The van der Waals surface area contributed by atoms with Gasteiger partial charge in [0.25, 0.3) is 0 Å². The van der Waals surface area contributed by atoms with E-state index in [1.165, 1.54) is 25.3 Å². The fraction of sp³-hybridized carbons (Fsp3) is 0.435. The first kappa shape index (κ1) is 23.1. The third-order valence-corrected chi connectivity index (χ3v) is 5.47. The van der Waals surface area contributed by atoms with E-state index in [1.807, 2.05) is 4.90 Å². The molecule has 2 aromatic carbocycles. The Hall–Kier alpha value is -2.61. The quantitative estimate of drug-likeness (QED) is 0.622. The van der Waals surface area contributed by atoms with Gasteiger partial charge in [0.1, 0.15) is 0 Å². The number of halogens is 4. The number of carbonyl (C=O) groups is 1. The van der Waals surface area contributed by atoms with E-state index in [0.717, 1.165) is 36.2 Å². The van der Waals surface area contributed by atoms with Gasteiger partial charge in [0.15, 0.2) is 11.6 Å². The first-order valence-corrected chi connectivity index (χ1v) is 10.2. The number of nitrogens with zero attached hydrogens (tertiary/aromatic N) is 2. The number of aryl methyl sites for hydroxylation is 1. The third-order valence-electron chi connectivity index (χ3n) is 5.47. The summed E-state index contributed by atoms with van der Waals surface area (Å²) in [6.07, 6.45) is -2.79. The van der Waals surface area contributed by atoms with E-state index in [-0.39, 0.29) is 11.7 Å². The van der Waals surface area contributed by atoms with Crippen LogP contribution in [0.3, 0.4) is 0 Å². The van der Waals surface area contributed by atoms with Crippen LogP contribution >= 0.6 is 0 Å². The van der Waals surface area contributed by atoms with E-state index in [2.05, 4.69) is 4.90 Å². The summed E-state index contributed by atoms with van der Waals surface area (Å²) in [6, 6.07) is 9.91. The number of carbonyl (C=O) groups excluding carboxylic acids is 1. The van der Waals surface area contributed by atoms with E-state index >= 15 is 0 Å². The molecule has 168 valence electrons. The van der Waals surface area contributed by atoms with Crippen molar-refractivity contribution in [3.05, 3.63) is 65.0 Å². The number of methoxy groups -OCH3 is 1. The minimum absolute atomic E-state index is 0.0209. The highest BCUT2D eigenvalue weighted by molar-refractivity contribution is 5.76. The minimum atomic E-state index is -4.33. The molecule has 0 spiro atoms. The minimum Gasteiger partial charge on any atom is -0.494 e. The molecular formula is C23H26F4N2O2. The molecule has 2 aromatic rings. The van der Waals surface area contributed by atoms with Crippen molar-refractivity contribution in [2.24, 2.45) is 0 Å². The molecule has 31 heavy (non-hydrogen) atoms. The highest BCUT2D eigenvalue weighted by atomic mass is 19.4. The molecule has 1 aliphatic rings. The molecule has 3 rings (SSSR count). The van der Waals surface area contributed by atoms with Crippen LogP contribution in [0.15, 0.2) is 42.5 Å². The zero-order valence-electron chi connectivity index (χ0n) is 17.4. The molecule has 0 unspecified atom stereocenters. The van der Waals surface area contributed by atoms with Crippen LogP contribution in [0.1, 0.15) is 29.5 Å². The van der Waals surface area contributed by atoms with Crippen molar-refractivity contribution >= 4 is 5.91 Å². The second kappa shape index (κ2) is 10.1. The van der Waals surface area contributed by atoms with Crippen LogP contribution in [-0.4, -0.2) is 49.0 Å². The lowest BCUT2D eigenvalue weighted by molar-refractivity contribution is -0.137. The van der Waals surface area contributed by atoms with Crippen molar-refractivity contribution in [1.82, 2.24) is 9.80 Å². The Morgan fingerprint density at radius 1 is 1.00 bits per heavy atom. The molecule has 0 saturated carbocycles. The lowest BCUT2D eigenvalue weighted by Gasteiger charge is -2.22. The molecule has 1 saturated heterocycles. The molecule has 4 nitrogen and oxygen atoms in total. The van der Waals surface area contributed by atoms with Crippen molar-refractivity contribution in [2.75, 3.05) is 33.3 Å². The smallest absolute Gasteiger partial charge is 0.416 e. The summed E-state index contributed by atoms with van der Waals surface area (Å²) in [5.74, 6) is -0.246. The number of amides is 1. The van der Waals surface area contributed by atoms with Crippen LogP contribution in [0.25, 0.3) is 0 Å². The van der Waals surface area contributed by atoms with Gasteiger partial charge in [-0.3, -0.25) is 9.69 Å². The number of rotatable bonds is 6. The third kappa shape index (κ3) is 6.43. The van der Waals surface area contributed by atoms with Crippen LogP contribution in [0.5, 0.6) is 5.75 Å². The van der Waals surface area contributed by atoms with E-state index in [1.54, 1.807) is 12.1 Å². The topological polar surface area (TPSA) is 32.8 Å². The van der Waals surface area contributed by atoms with Gasteiger partial charge in [-0.05, 0) is 48.2 Å². The zero-order chi connectivity index (χ0) is 22.4. The zero-order valence-corrected chi connectivity index (χ0v) is 17.4. The fourth-order valence-corrected chi connectivity index (χ4v) is 3.71. The number of benzene rings is 2. The molecule has 1 aliphatic heterocycles. The van der Waals surface area contributed by atoms with Crippen LogP contribution in [0, 0.1) is 5.82 Å². The number of hydrogen-bond donors (Lipinski definition) is 0. The number of hydrogen-bond acceptors (Lipinski definition) is 3. The summed E-state index contributed by atoms with van der Waals surface area (Å²) in [5.41, 5.74) is 0.903. The number of ether oxygens (including phenoxy) is 1. The second-order valence-electron chi connectivity index (χ2n) is 7.67. The summed E-state index contributed by atoms with van der Waals surface area (Å²) < 4.78 is 56.8. The molecule has 0 N–H and O–H groups in total. The summed E-state index contributed by atoms with van der Waals surface area (Å²) in [6.45, 7) is 3.18. The van der Waals surface area contributed by atoms with Crippen molar-refractivity contribution in [2.45, 2.75) is 32.0 Å². The largest absolute Gasteiger partial charge is 0.494 e. The van der Waals surface area contributed by atoms with Crippen molar-refractivity contribution in [3.8, 4) is 5.75 Å². The highest BCUT2D eigenvalue weighted by Gasteiger charge is 2.30. The molecule has 0 aliphatic carbocycles. The molecule has 1 fully saturated rings. The van der Waals surface area contributed by atoms with Crippen molar-refractivity contribution < 1.29 is 27.1 Å². The van der Waals surface area contributed by atoms with Crippen LogP contribution in [-0.2, 0) is 23.9 Å². The first-order valence-electron chi connectivity index (χ1n) is 10.2. The van der Waals surface area contributed by atoms with Crippen LogP contribution in [0.4, 0.5) is 17.6 Å². The van der Waals surface area contributed by atoms with Gasteiger partial charge in [-0.15, -0.1) is 0 Å². The van der Waals surface area contributed by atoms with E-state index in [4.69, 9.17) is 4.74 Å². The molecule has 1 heterocycles. The maximum absolute atomic E-state index is 13.8. The van der Waals surface area contributed by atoms with Crippen LogP contribution < -0.4 is 4.74 Å². The SMILES string of the molecule is COc1ccc(CCC(=O)N2CCCN(Cc3ccc(C(F)(F)F)cc3)CC2)cc1F. The summed E-state index contributed by atoms with van der Waals surface area (Å²) >= 11 is 0. The molecule has 0 aromatic heterocycles. The fourth-order valence-electron chi connectivity index (χ4n) is 3.71. The Labute approximate surface area is 179 Å². The summed E-state index contributed by atoms with van der Waals surface area (Å²) in [4.78, 5) is 16.6. The average molecular weight is 438 g/mol. The summed E-state index contributed by atoms with van der Waals surface area (Å²) in [7, 11) is 1.40. The Balaban J connectivity index is 1.49. The first-order chi connectivity index (χ1) is 14.8. The molecule has 8 heteroatoms. The van der Waals surface area contributed by atoms with Gasteiger partial charge in [-0.2, -0.15) is 13.2 Å². The monoisotopic (exact) mass is 438 g/mol. The lowest BCUT2D eigenvalue weighted by Crippen LogP contribution is -2.35. The highest BCUT2D eigenvalue weighted by Crippen LogP contribution is 2.29. The van der Waals surface area contributed by atoms with Gasteiger partial charge < -0.3 is 9.64 Å². The van der Waals surface area contributed by atoms with Gasteiger partial charge in [0, 0.05) is 39.1 Å². The predicted molar refractivity (Wildman–Crippen MR) is 109 cm³/mol. The number of alkyl halides is 3. The molecule has 0 bridgehead atoms. The Bertz CT molecular complexity index is 884. The average Bonchev–Trinajstić information content (AvgIpc) is 2.97. The normalized spacial score (nSPS) is 15.6. The van der Waals surface area contributed by atoms with E-state index in [9.17, 15) is 22.4 Å². The Kier molecular flexibility index (Phi) is 7.54.